The van der Waals surface area contributed by atoms with Gasteiger partial charge in [0.15, 0.2) is 0 Å². The Morgan fingerprint density at radius 2 is 2.12 bits per heavy atom. The molecule has 3 nitrogen and oxygen atoms in total. The molecule has 0 amide bonds. The zero-order chi connectivity index (χ0) is 12.5. The number of nitrogens with one attached hydrogen (secondary N) is 1. The molecule has 0 spiro atoms. The van der Waals surface area contributed by atoms with E-state index in [1.54, 1.807) is 0 Å². The van der Waals surface area contributed by atoms with Gasteiger partial charge in [-0.1, -0.05) is 13.0 Å². The maximum Gasteiger partial charge on any atom is 0.433 e. The molecule has 1 aromatic rings. The molecule has 0 aromatic carbocycles. The lowest BCUT2D eigenvalue weighted by Gasteiger charge is -2.38. The number of alkyl halides is 3. The third-order valence-electron chi connectivity index (χ3n) is 2.64. The van der Waals surface area contributed by atoms with E-state index in [0.717, 1.165) is 6.07 Å². The van der Waals surface area contributed by atoms with Crippen LogP contribution in [0.25, 0.3) is 0 Å². The zero-order valence-electron chi connectivity index (χ0n) is 9.34. The Bertz CT molecular complexity index is 402. The fourth-order valence-electron chi connectivity index (χ4n) is 1.55. The summed E-state index contributed by atoms with van der Waals surface area (Å²) in [6, 6.07) is 3.83. The Morgan fingerprint density at radius 3 is 2.65 bits per heavy atom. The zero-order valence-corrected chi connectivity index (χ0v) is 9.34. The highest BCUT2D eigenvalue weighted by atomic mass is 19.4. The summed E-state index contributed by atoms with van der Waals surface area (Å²) in [7, 11) is 0. The van der Waals surface area contributed by atoms with Gasteiger partial charge in [-0.05, 0) is 12.1 Å². The van der Waals surface area contributed by atoms with Crippen molar-refractivity contribution in [3.05, 3.63) is 23.9 Å². The predicted octanol–water partition coefficient (Wildman–Crippen LogP) is 2.55. The van der Waals surface area contributed by atoms with Gasteiger partial charge in [0.2, 0.25) is 0 Å². The van der Waals surface area contributed by atoms with E-state index in [9.17, 15) is 13.2 Å². The molecule has 17 heavy (non-hydrogen) atoms. The van der Waals surface area contributed by atoms with Gasteiger partial charge in [0, 0.05) is 12.0 Å². The van der Waals surface area contributed by atoms with Gasteiger partial charge < -0.3 is 10.1 Å². The lowest BCUT2D eigenvalue weighted by molar-refractivity contribution is -0.141. The second-order valence-electron chi connectivity index (χ2n) is 4.56. The van der Waals surface area contributed by atoms with Crippen molar-refractivity contribution in [3.8, 4) is 0 Å². The molecule has 0 radical (unpaired) electrons. The van der Waals surface area contributed by atoms with Crippen LogP contribution in [0.1, 0.15) is 12.6 Å². The van der Waals surface area contributed by atoms with Gasteiger partial charge in [0.05, 0.1) is 13.2 Å². The minimum absolute atomic E-state index is 0.00405. The molecule has 2 heterocycles. The molecule has 0 saturated carbocycles. The summed E-state index contributed by atoms with van der Waals surface area (Å²) in [5, 5.41) is 2.91. The van der Waals surface area contributed by atoms with Crippen molar-refractivity contribution < 1.29 is 17.9 Å². The molecule has 2 rings (SSSR count). The van der Waals surface area contributed by atoms with Crippen molar-refractivity contribution in [3.63, 3.8) is 0 Å². The number of pyridine rings is 1. The molecular weight excluding hydrogens is 233 g/mol. The lowest BCUT2D eigenvalue weighted by Crippen LogP contribution is -2.45. The minimum atomic E-state index is -4.40. The number of anilines is 1. The monoisotopic (exact) mass is 246 g/mol. The van der Waals surface area contributed by atoms with E-state index in [1.807, 2.05) is 6.92 Å². The van der Waals surface area contributed by atoms with Crippen LogP contribution >= 0.6 is 0 Å². The molecule has 0 atom stereocenters. The summed E-state index contributed by atoms with van der Waals surface area (Å²) >= 11 is 0. The van der Waals surface area contributed by atoms with Crippen molar-refractivity contribution >= 4 is 5.82 Å². The molecule has 1 aromatic heterocycles. The molecule has 94 valence electrons. The predicted molar refractivity (Wildman–Crippen MR) is 56.7 cm³/mol. The Morgan fingerprint density at radius 1 is 1.41 bits per heavy atom. The summed E-state index contributed by atoms with van der Waals surface area (Å²) in [4.78, 5) is 3.53. The largest absolute Gasteiger partial charge is 0.433 e. The van der Waals surface area contributed by atoms with Crippen LogP contribution in [0.15, 0.2) is 18.2 Å². The standard InChI is InChI=1S/C11H13F3N2O/c1-10(6-17-7-10)5-15-9-4-2-3-8(16-9)11(12,13)14/h2-4H,5-7H2,1H3,(H,15,16). The van der Waals surface area contributed by atoms with Crippen molar-refractivity contribution in [2.45, 2.75) is 13.1 Å². The maximum atomic E-state index is 12.4. The van der Waals surface area contributed by atoms with Crippen molar-refractivity contribution in [2.75, 3.05) is 25.1 Å². The normalized spacial score (nSPS) is 18.6. The third kappa shape index (κ3) is 2.88. The van der Waals surface area contributed by atoms with Crippen molar-refractivity contribution in [2.24, 2.45) is 5.41 Å². The van der Waals surface area contributed by atoms with E-state index in [1.165, 1.54) is 12.1 Å². The van der Waals surface area contributed by atoms with E-state index < -0.39 is 11.9 Å². The average Bonchev–Trinajstić information content (AvgIpc) is 2.23. The molecule has 1 aliphatic rings. The van der Waals surface area contributed by atoms with Gasteiger partial charge in [0.1, 0.15) is 11.5 Å². The first-order valence-electron chi connectivity index (χ1n) is 5.25. The first kappa shape index (κ1) is 12.2. The molecular formula is C11H13F3N2O. The molecule has 0 unspecified atom stereocenters. The van der Waals surface area contributed by atoms with Crippen LogP contribution in [0.3, 0.4) is 0 Å². The fourth-order valence-corrected chi connectivity index (χ4v) is 1.55. The average molecular weight is 246 g/mol. The first-order valence-corrected chi connectivity index (χ1v) is 5.25. The molecule has 6 heteroatoms. The Kier molecular flexibility index (Phi) is 2.99. The third-order valence-corrected chi connectivity index (χ3v) is 2.64. The SMILES string of the molecule is CC1(CNc2cccc(C(F)(F)F)n2)COC1. The molecule has 1 N–H and O–H groups in total. The summed E-state index contributed by atoms with van der Waals surface area (Å²) < 4.78 is 42.3. The minimum Gasteiger partial charge on any atom is -0.380 e. The van der Waals surface area contributed by atoms with E-state index >= 15 is 0 Å². The quantitative estimate of drug-likeness (QED) is 0.890. The number of halogens is 3. The highest BCUT2D eigenvalue weighted by molar-refractivity contribution is 5.36. The topological polar surface area (TPSA) is 34.2 Å². The van der Waals surface area contributed by atoms with Crippen LogP contribution in [-0.4, -0.2) is 24.7 Å². The highest BCUT2D eigenvalue weighted by Crippen LogP contribution is 2.29. The number of nitrogens with zero attached hydrogens (tertiary/aromatic N) is 1. The van der Waals surface area contributed by atoms with E-state index in [0.29, 0.717) is 19.8 Å². The van der Waals surface area contributed by atoms with Crippen LogP contribution in [0.2, 0.25) is 0 Å². The lowest BCUT2D eigenvalue weighted by atomic mass is 9.89. The van der Waals surface area contributed by atoms with Crippen LogP contribution in [-0.2, 0) is 10.9 Å². The van der Waals surface area contributed by atoms with Crippen LogP contribution < -0.4 is 5.32 Å². The van der Waals surface area contributed by atoms with E-state index in [4.69, 9.17) is 4.74 Å². The van der Waals surface area contributed by atoms with Crippen LogP contribution in [0, 0.1) is 5.41 Å². The fraction of sp³-hybridized carbons (Fsp3) is 0.545. The van der Waals surface area contributed by atoms with Gasteiger partial charge in [-0.3, -0.25) is 0 Å². The van der Waals surface area contributed by atoms with Gasteiger partial charge >= 0.3 is 6.18 Å². The van der Waals surface area contributed by atoms with Crippen molar-refractivity contribution in [1.82, 2.24) is 4.98 Å². The summed E-state index contributed by atoms with van der Waals surface area (Å²) in [6.45, 7) is 3.82. The maximum absolute atomic E-state index is 12.4. The van der Waals surface area contributed by atoms with Gasteiger partial charge in [0.25, 0.3) is 0 Å². The molecule has 0 aliphatic carbocycles. The number of ether oxygens (including phenoxy) is 1. The van der Waals surface area contributed by atoms with Crippen LogP contribution in [0.5, 0.6) is 0 Å². The van der Waals surface area contributed by atoms with Crippen LogP contribution in [0.4, 0.5) is 19.0 Å². The van der Waals surface area contributed by atoms with E-state index in [-0.39, 0.29) is 11.2 Å². The highest BCUT2D eigenvalue weighted by Gasteiger charge is 2.34. The molecule has 0 bridgehead atoms. The second-order valence-corrected chi connectivity index (χ2v) is 4.56. The molecule has 1 aliphatic heterocycles. The summed E-state index contributed by atoms with van der Waals surface area (Å²) in [5.74, 6) is 0.243. The van der Waals surface area contributed by atoms with Gasteiger partial charge in [-0.25, -0.2) is 4.98 Å². The van der Waals surface area contributed by atoms with E-state index in [2.05, 4.69) is 10.3 Å². The Hall–Kier alpha value is -1.30. The summed E-state index contributed by atoms with van der Waals surface area (Å²) in [5.41, 5.74) is -0.881. The van der Waals surface area contributed by atoms with Gasteiger partial charge in [-0.2, -0.15) is 13.2 Å². The number of hydrogen-bond donors (Lipinski definition) is 1. The first-order chi connectivity index (χ1) is 7.89. The number of hydrogen-bond acceptors (Lipinski definition) is 3. The second kappa shape index (κ2) is 4.18. The number of rotatable bonds is 3. The molecule has 1 saturated heterocycles. The Labute approximate surface area is 97.0 Å². The number of aromatic nitrogens is 1. The van der Waals surface area contributed by atoms with Crippen molar-refractivity contribution in [1.29, 1.82) is 0 Å². The Balaban J connectivity index is 2.01. The smallest absolute Gasteiger partial charge is 0.380 e. The summed E-state index contributed by atoms with van der Waals surface area (Å²) in [6.07, 6.45) is -4.40. The van der Waals surface area contributed by atoms with Gasteiger partial charge in [-0.15, -0.1) is 0 Å². The molecule has 1 fully saturated rings.